The summed E-state index contributed by atoms with van der Waals surface area (Å²) in [5.41, 5.74) is -0.601. The van der Waals surface area contributed by atoms with Gasteiger partial charge in [-0.3, -0.25) is 9.59 Å². The molecule has 4 nitrogen and oxygen atoms in total. The minimum Gasteiger partial charge on any atom is -0.463 e. The van der Waals surface area contributed by atoms with Gasteiger partial charge >= 0.3 is 6.18 Å². The molecule has 0 aliphatic rings. The fourth-order valence-corrected chi connectivity index (χ4v) is 2.33. The standard InChI is InChI=1S/C19H12F3NO3/c20-19(21,22)13-4-3-5-14(10-13)23-17(24)9-8-12-11-26-16-7-2-1-6-15(16)18(12)25/h1-11H,(H,23,24)/b9-8+. The lowest BCUT2D eigenvalue weighted by Crippen LogP contribution is -2.11. The van der Waals surface area contributed by atoms with Crippen LogP contribution >= 0.6 is 0 Å². The zero-order valence-corrected chi connectivity index (χ0v) is 13.2. The van der Waals surface area contributed by atoms with E-state index < -0.39 is 17.6 Å². The first-order valence-corrected chi connectivity index (χ1v) is 7.51. The van der Waals surface area contributed by atoms with Crippen LogP contribution in [0.4, 0.5) is 18.9 Å². The second-order valence-corrected chi connectivity index (χ2v) is 5.42. The molecule has 1 amide bonds. The first kappa shape index (κ1) is 17.5. The lowest BCUT2D eigenvalue weighted by Gasteiger charge is -2.08. The molecule has 2 aromatic carbocycles. The molecule has 0 bridgehead atoms. The molecule has 0 atom stereocenters. The van der Waals surface area contributed by atoms with Crippen LogP contribution in [0.15, 0.2) is 70.1 Å². The van der Waals surface area contributed by atoms with Crippen molar-refractivity contribution in [1.29, 1.82) is 0 Å². The monoisotopic (exact) mass is 359 g/mol. The summed E-state index contributed by atoms with van der Waals surface area (Å²) in [7, 11) is 0. The van der Waals surface area contributed by atoms with Crippen LogP contribution in [0.25, 0.3) is 17.0 Å². The van der Waals surface area contributed by atoms with Gasteiger partial charge in [-0.1, -0.05) is 18.2 Å². The van der Waals surface area contributed by atoms with Crippen LogP contribution in [-0.2, 0) is 11.0 Å². The molecule has 0 saturated carbocycles. The van der Waals surface area contributed by atoms with E-state index in [9.17, 15) is 22.8 Å². The molecular formula is C19H12F3NO3. The molecular weight excluding hydrogens is 347 g/mol. The number of fused-ring (bicyclic) bond motifs is 1. The molecule has 0 unspecified atom stereocenters. The number of carbonyl (C=O) groups is 1. The minimum absolute atomic E-state index is 0.0000194. The van der Waals surface area contributed by atoms with E-state index in [1.54, 1.807) is 24.3 Å². The molecule has 0 fully saturated rings. The first-order valence-electron chi connectivity index (χ1n) is 7.51. The number of alkyl halides is 3. The van der Waals surface area contributed by atoms with Gasteiger partial charge in [-0.05, 0) is 36.4 Å². The summed E-state index contributed by atoms with van der Waals surface area (Å²) in [5, 5.41) is 2.69. The zero-order chi connectivity index (χ0) is 18.7. The molecule has 0 radical (unpaired) electrons. The number of benzene rings is 2. The third kappa shape index (κ3) is 3.83. The van der Waals surface area contributed by atoms with Gasteiger partial charge in [-0.2, -0.15) is 13.2 Å². The maximum atomic E-state index is 12.7. The van der Waals surface area contributed by atoms with E-state index in [0.717, 1.165) is 18.2 Å². The van der Waals surface area contributed by atoms with Crippen LogP contribution in [0.5, 0.6) is 0 Å². The number of rotatable bonds is 3. The predicted molar refractivity (Wildman–Crippen MR) is 91.6 cm³/mol. The van der Waals surface area contributed by atoms with E-state index in [2.05, 4.69) is 5.32 Å². The maximum absolute atomic E-state index is 12.7. The Morgan fingerprint density at radius 2 is 1.85 bits per heavy atom. The summed E-state index contributed by atoms with van der Waals surface area (Å²) in [4.78, 5) is 24.2. The number of nitrogens with one attached hydrogen (secondary N) is 1. The number of anilines is 1. The van der Waals surface area contributed by atoms with Gasteiger partial charge in [0.15, 0.2) is 5.43 Å². The Morgan fingerprint density at radius 3 is 2.62 bits per heavy atom. The fourth-order valence-electron chi connectivity index (χ4n) is 2.33. The van der Waals surface area contributed by atoms with Crippen LogP contribution in [-0.4, -0.2) is 5.91 Å². The van der Waals surface area contributed by atoms with Crippen molar-refractivity contribution >= 4 is 28.6 Å². The van der Waals surface area contributed by atoms with Gasteiger partial charge in [0.25, 0.3) is 0 Å². The van der Waals surface area contributed by atoms with Crippen LogP contribution in [0.1, 0.15) is 11.1 Å². The molecule has 1 N–H and O–H groups in total. The third-order valence-corrected chi connectivity index (χ3v) is 3.58. The molecule has 0 aliphatic carbocycles. The van der Waals surface area contributed by atoms with E-state index in [4.69, 9.17) is 4.42 Å². The van der Waals surface area contributed by atoms with E-state index >= 15 is 0 Å². The molecule has 7 heteroatoms. The average Bonchev–Trinajstić information content (AvgIpc) is 2.61. The minimum atomic E-state index is -4.50. The molecule has 3 rings (SSSR count). The van der Waals surface area contributed by atoms with E-state index in [1.165, 1.54) is 24.5 Å². The topological polar surface area (TPSA) is 59.3 Å². The Balaban J connectivity index is 1.78. The Morgan fingerprint density at radius 1 is 1.08 bits per heavy atom. The van der Waals surface area contributed by atoms with Crippen molar-refractivity contribution in [3.63, 3.8) is 0 Å². The van der Waals surface area contributed by atoms with Crippen LogP contribution < -0.4 is 10.7 Å². The molecule has 0 saturated heterocycles. The van der Waals surface area contributed by atoms with E-state index in [-0.39, 0.29) is 16.7 Å². The third-order valence-electron chi connectivity index (χ3n) is 3.58. The number of carbonyl (C=O) groups excluding carboxylic acids is 1. The van der Waals surface area contributed by atoms with Crippen molar-refractivity contribution in [2.75, 3.05) is 5.32 Å². The normalized spacial score (nSPS) is 11.8. The number of para-hydroxylation sites is 1. The molecule has 132 valence electrons. The first-order chi connectivity index (χ1) is 12.3. The zero-order valence-electron chi connectivity index (χ0n) is 13.2. The average molecular weight is 359 g/mol. The van der Waals surface area contributed by atoms with Gasteiger partial charge in [0, 0.05) is 11.8 Å². The van der Waals surface area contributed by atoms with Gasteiger partial charge in [0.2, 0.25) is 5.91 Å². The summed E-state index contributed by atoms with van der Waals surface area (Å²) < 4.78 is 43.3. The highest BCUT2D eigenvalue weighted by atomic mass is 19.4. The number of hydrogen-bond donors (Lipinski definition) is 1. The highest BCUT2D eigenvalue weighted by Crippen LogP contribution is 2.30. The molecule has 26 heavy (non-hydrogen) atoms. The number of halogens is 3. The van der Waals surface area contributed by atoms with Crippen LogP contribution in [0, 0.1) is 0 Å². The lowest BCUT2D eigenvalue weighted by molar-refractivity contribution is -0.137. The van der Waals surface area contributed by atoms with Crippen LogP contribution in [0.2, 0.25) is 0 Å². The maximum Gasteiger partial charge on any atom is 0.416 e. The number of amides is 1. The number of hydrogen-bond acceptors (Lipinski definition) is 3. The summed E-state index contributed by atoms with van der Waals surface area (Å²) in [6.07, 6.45) is -0.970. The molecule has 0 spiro atoms. The Bertz CT molecular complexity index is 1050. The predicted octanol–water partition coefficient (Wildman–Crippen LogP) is 4.46. The molecule has 1 aromatic heterocycles. The van der Waals surface area contributed by atoms with Gasteiger partial charge in [0.1, 0.15) is 11.8 Å². The van der Waals surface area contributed by atoms with Crippen molar-refractivity contribution < 1.29 is 22.4 Å². The van der Waals surface area contributed by atoms with Gasteiger partial charge < -0.3 is 9.73 Å². The lowest BCUT2D eigenvalue weighted by atomic mass is 10.1. The highest BCUT2D eigenvalue weighted by Gasteiger charge is 2.30. The van der Waals surface area contributed by atoms with Crippen molar-refractivity contribution in [3.05, 3.63) is 82.2 Å². The van der Waals surface area contributed by atoms with Crippen molar-refractivity contribution in [3.8, 4) is 0 Å². The van der Waals surface area contributed by atoms with Crippen molar-refractivity contribution in [2.45, 2.75) is 6.18 Å². The SMILES string of the molecule is O=C(/C=C/c1coc2ccccc2c1=O)Nc1cccc(C(F)(F)F)c1. The van der Waals surface area contributed by atoms with Gasteiger partial charge in [-0.25, -0.2) is 0 Å². The highest BCUT2D eigenvalue weighted by molar-refractivity contribution is 6.02. The van der Waals surface area contributed by atoms with Gasteiger partial charge in [0.05, 0.1) is 16.5 Å². The summed E-state index contributed by atoms with van der Waals surface area (Å²) >= 11 is 0. The summed E-state index contributed by atoms with van der Waals surface area (Å²) in [6, 6.07) is 10.9. The summed E-state index contributed by atoms with van der Waals surface area (Å²) in [5.74, 6) is -0.670. The Kier molecular flexibility index (Phi) is 4.62. The summed E-state index contributed by atoms with van der Waals surface area (Å²) in [6.45, 7) is 0. The van der Waals surface area contributed by atoms with Crippen molar-refractivity contribution in [1.82, 2.24) is 0 Å². The van der Waals surface area contributed by atoms with Gasteiger partial charge in [-0.15, -0.1) is 0 Å². The fraction of sp³-hybridized carbons (Fsp3) is 0.0526. The Hall–Kier alpha value is -3.35. The molecule has 3 aromatic rings. The van der Waals surface area contributed by atoms with E-state index in [0.29, 0.717) is 11.0 Å². The molecule has 1 heterocycles. The van der Waals surface area contributed by atoms with Crippen LogP contribution in [0.3, 0.4) is 0 Å². The molecule has 0 aliphatic heterocycles. The second-order valence-electron chi connectivity index (χ2n) is 5.42. The largest absolute Gasteiger partial charge is 0.463 e. The van der Waals surface area contributed by atoms with E-state index in [1.807, 2.05) is 0 Å². The Labute approximate surface area is 145 Å². The van der Waals surface area contributed by atoms with Crippen molar-refractivity contribution in [2.24, 2.45) is 0 Å². The second kappa shape index (κ2) is 6.87. The quantitative estimate of drug-likeness (QED) is 0.702. The smallest absolute Gasteiger partial charge is 0.416 e.